The van der Waals surface area contributed by atoms with Crippen molar-refractivity contribution in [3.8, 4) is 0 Å². The van der Waals surface area contributed by atoms with Gasteiger partial charge in [0, 0.05) is 20.6 Å². The van der Waals surface area contributed by atoms with E-state index in [0.717, 1.165) is 5.75 Å². The Morgan fingerprint density at radius 3 is 2.53 bits per heavy atom. The molecule has 0 fully saturated rings. The molecule has 17 heavy (non-hydrogen) atoms. The predicted octanol–water partition coefficient (Wildman–Crippen LogP) is -0.0927. The molecule has 100 valence electrons. The number of carbonyl (C=O) groups is 2. The van der Waals surface area contributed by atoms with E-state index in [1.165, 1.54) is 4.90 Å². The van der Waals surface area contributed by atoms with E-state index in [-0.39, 0.29) is 17.7 Å². The molecule has 5 nitrogen and oxygen atoms in total. The van der Waals surface area contributed by atoms with Gasteiger partial charge in [0.25, 0.3) is 0 Å². The molecule has 0 aromatic carbocycles. The maximum atomic E-state index is 11.9. The number of nitrogens with one attached hydrogen (secondary N) is 1. The van der Waals surface area contributed by atoms with E-state index in [1.54, 1.807) is 32.8 Å². The van der Waals surface area contributed by atoms with Crippen molar-refractivity contribution in [2.24, 2.45) is 11.7 Å². The van der Waals surface area contributed by atoms with Crippen LogP contribution >= 0.6 is 11.8 Å². The first kappa shape index (κ1) is 16.2. The molecule has 0 bridgehead atoms. The van der Waals surface area contributed by atoms with Crippen LogP contribution in [0.5, 0.6) is 0 Å². The van der Waals surface area contributed by atoms with Gasteiger partial charge in [-0.25, -0.2) is 0 Å². The highest BCUT2D eigenvalue weighted by Gasteiger charge is 2.21. The Labute approximate surface area is 107 Å². The van der Waals surface area contributed by atoms with Crippen molar-refractivity contribution >= 4 is 23.6 Å². The second kappa shape index (κ2) is 8.36. The Bertz CT molecular complexity index is 261. The molecule has 0 aliphatic carbocycles. The number of likely N-dealkylation sites (N-methyl/N-ethyl adjacent to an activating group) is 1. The fourth-order valence-corrected chi connectivity index (χ4v) is 1.97. The molecular formula is C11H23N3O2S. The predicted molar refractivity (Wildman–Crippen MR) is 71.8 cm³/mol. The monoisotopic (exact) mass is 261 g/mol. The minimum atomic E-state index is -0.468. The first-order valence-corrected chi connectivity index (χ1v) is 7.04. The Morgan fingerprint density at radius 1 is 1.47 bits per heavy atom. The van der Waals surface area contributed by atoms with E-state index in [4.69, 9.17) is 5.73 Å². The summed E-state index contributed by atoms with van der Waals surface area (Å²) in [4.78, 5) is 24.7. The highest BCUT2D eigenvalue weighted by atomic mass is 32.2. The fourth-order valence-electron chi connectivity index (χ4n) is 1.48. The minimum Gasteiger partial charge on any atom is -0.359 e. The fraction of sp³-hybridized carbons (Fsp3) is 0.818. The van der Waals surface area contributed by atoms with Crippen molar-refractivity contribution in [2.75, 3.05) is 32.6 Å². The molecule has 0 aromatic rings. The number of carbonyl (C=O) groups excluding carboxylic acids is 2. The highest BCUT2D eigenvalue weighted by molar-refractivity contribution is 7.98. The summed E-state index contributed by atoms with van der Waals surface area (Å²) < 4.78 is 0. The lowest BCUT2D eigenvalue weighted by atomic mass is 10.1. The van der Waals surface area contributed by atoms with E-state index in [2.05, 4.69) is 5.32 Å². The third-order valence-corrected chi connectivity index (χ3v) is 3.21. The number of nitrogens with zero attached hydrogens (tertiary/aromatic N) is 1. The van der Waals surface area contributed by atoms with Crippen molar-refractivity contribution < 1.29 is 9.59 Å². The number of nitrogens with two attached hydrogens (primary N) is 1. The zero-order valence-electron chi connectivity index (χ0n) is 11.0. The molecule has 0 spiro atoms. The average Bonchev–Trinajstić information content (AvgIpc) is 2.33. The van der Waals surface area contributed by atoms with Gasteiger partial charge >= 0.3 is 0 Å². The van der Waals surface area contributed by atoms with Gasteiger partial charge in [-0.1, -0.05) is 6.92 Å². The Morgan fingerprint density at radius 2 is 2.06 bits per heavy atom. The molecular weight excluding hydrogens is 238 g/mol. The quantitative estimate of drug-likeness (QED) is 0.671. The number of amides is 2. The summed E-state index contributed by atoms with van der Waals surface area (Å²) in [6.45, 7) is 2.18. The Balaban J connectivity index is 4.16. The summed E-state index contributed by atoms with van der Waals surface area (Å²) in [7, 11) is 3.27. The number of hydrogen-bond acceptors (Lipinski definition) is 4. The second-order valence-corrected chi connectivity index (χ2v) is 5.11. The van der Waals surface area contributed by atoms with E-state index >= 15 is 0 Å². The van der Waals surface area contributed by atoms with Crippen molar-refractivity contribution in [1.82, 2.24) is 10.2 Å². The van der Waals surface area contributed by atoms with Crippen LogP contribution in [0.2, 0.25) is 0 Å². The van der Waals surface area contributed by atoms with Gasteiger partial charge in [0.1, 0.15) is 0 Å². The standard InChI is InChI=1S/C11H23N3O2S/c1-8(10(15)13-2)7-14(3)11(16)9(12)5-6-17-4/h8-9H,5-7,12H2,1-4H3,(H,13,15)/t8?,9-/m0/s1. The third kappa shape index (κ3) is 5.93. The van der Waals surface area contributed by atoms with Crippen LogP contribution < -0.4 is 11.1 Å². The maximum Gasteiger partial charge on any atom is 0.239 e. The first-order valence-electron chi connectivity index (χ1n) is 5.65. The molecule has 0 aliphatic heterocycles. The van der Waals surface area contributed by atoms with Gasteiger partial charge in [-0.05, 0) is 18.4 Å². The van der Waals surface area contributed by atoms with Gasteiger partial charge in [0.05, 0.1) is 12.0 Å². The zero-order valence-corrected chi connectivity index (χ0v) is 11.8. The lowest BCUT2D eigenvalue weighted by Gasteiger charge is -2.23. The summed E-state index contributed by atoms with van der Waals surface area (Å²) in [5, 5.41) is 2.56. The molecule has 3 N–H and O–H groups in total. The van der Waals surface area contributed by atoms with Crippen LogP contribution in [0.1, 0.15) is 13.3 Å². The van der Waals surface area contributed by atoms with Crippen LogP contribution in [0.15, 0.2) is 0 Å². The third-order valence-electron chi connectivity index (χ3n) is 2.57. The SMILES string of the molecule is CNC(=O)C(C)CN(C)C(=O)[C@@H](N)CCSC. The molecule has 0 aliphatic rings. The van der Waals surface area contributed by atoms with Gasteiger partial charge in [-0.15, -0.1) is 0 Å². The molecule has 0 radical (unpaired) electrons. The topological polar surface area (TPSA) is 75.4 Å². The average molecular weight is 261 g/mol. The summed E-state index contributed by atoms with van der Waals surface area (Å²) in [5.41, 5.74) is 5.78. The van der Waals surface area contributed by atoms with Gasteiger partial charge in [-0.3, -0.25) is 9.59 Å². The van der Waals surface area contributed by atoms with Crippen molar-refractivity contribution in [2.45, 2.75) is 19.4 Å². The molecule has 0 saturated heterocycles. The van der Waals surface area contributed by atoms with Gasteiger partial charge in [-0.2, -0.15) is 11.8 Å². The minimum absolute atomic E-state index is 0.0673. The van der Waals surface area contributed by atoms with Gasteiger partial charge in [0.2, 0.25) is 11.8 Å². The smallest absolute Gasteiger partial charge is 0.239 e. The lowest BCUT2D eigenvalue weighted by molar-refractivity contribution is -0.133. The van der Waals surface area contributed by atoms with Gasteiger partial charge in [0.15, 0.2) is 0 Å². The highest BCUT2D eigenvalue weighted by Crippen LogP contribution is 2.04. The van der Waals surface area contributed by atoms with Crippen molar-refractivity contribution in [3.63, 3.8) is 0 Å². The molecule has 2 atom stereocenters. The largest absolute Gasteiger partial charge is 0.359 e. The molecule has 6 heteroatoms. The van der Waals surface area contributed by atoms with Crippen LogP contribution in [-0.2, 0) is 9.59 Å². The molecule has 1 unspecified atom stereocenters. The molecule has 0 saturated carbocycles. The van der Waals surface area contributed by atoms with E-state index in [1.807, 2.05) is 6.26 Å². The number of thioether (sulfide) groups is 1. The summed E-state index contributed by atoms with van der Waals surface area (Å²) in [6.07, 6.45) is 2.65. The Hall–Kier alpha value is -0.750. The molecule has 2 amide bonds. The molecule has 0 rings (SSSR count). The molecule has 0 heterocycles. The maximum absolute atomic E-state index is 11.9. The van der Waals surface area contributed by atoms with Crippen LogP contribution in [0.25, 0.3) is 0 Å². The van der Waals surface area contributed by atoms with E-state index < -0.39 is 6.04 Å². The Kier molecular flexibility index (Phi) is 7.99. The normalized spacial score (nSPS) is 13.9. The first-order chi connectivity index (χ1) is 7.93. The van der Waals surface area contributed by atoms with Crippen LogP contribution in [0, 0.1) is 5.92 Å². The van der Waals surface area contributed by atoms with Crippen LogP contribution in [0.4, 0.5) is 0 Å². The van der Waals surface area contributed by atoms with E-state index in [9.17, 15) is 9.59 Å². The van der Waals surface area contributed by atoms with Crippen molar-refractivity contribution in [3.05, 3.63) is 0 Å². The lowest BCUT2D eigenvalue weighted by Crippen LogP contribution is -2.45. The van der Waals surface area contributed by atoms with Gasteiger partial charge < -0.3 is 16.0 Å². The number of hydrogen-bond donors (Lipinski definition) is 2. The molecule has 0 aromatic heterocycles. The second-order valence-electron chi connectivity index (χ2n) is 4.12. The number of rotatable bonds is 7. The van der Waals surface area contributed by atoms with Crippen LogP contribution in [0.3, 0.4) is 0 Å². The van der Waals surface area contributed by atoms with Crippen LogP contribution in [-0.4, -0.2) is 55.4 Å². The van der Waals surface area contributed by atoms with E-state index in [0.29, 0.717) is 13.0 Å². The summed E-state index contributed by atoms with van der Waals surface area (Å²) in [6, 6.07) is -0.468. The van der Waals surface area contributed by atoms with Crippen molar-refractivity contribution in [1.29, 1.82) is 0 Å². The summed E-state index contributed by atoms with van der Waals surface area (Å²) in [5.74, 6) is 0.477. The summed E-state index contributed by atoms with van der Waals surface area (Å²) >= 11 is 1.67. The zero-order chi connectivity index (χ0) is 13.4.